The van der Waals surface area contributed by atoms with Gasteiger partial charge in [0.25, 0.3) is 0 Å². The molecule has 4 aromatic rings. The summed E-state index contributed by atoms with van der Waals surface area (Å²) in [6.07, 6.45) is 0.632. The lowest BCUT2D eigenvalue weighted by molar-refractivity contribution is -0.153. The molecule has 0 spiro atoms. The van der Waals surface area contributed by atoms with Crippen LogP contribution in [0.1, 0.15) is 24.1 Å². The highest BCUT2D eigenvalue weighted by atomic mass is 35.5. The summed E-state index contributed by atoms with van der Waals surface area (Å²) >= 11 is 6.32. The van der Waals surface area contributed by atoms with Crippen molar-refractivity contribution in [3.63, 3.8) is 0 Å². The number of ether oxygens (including phenoxy) is 1. The highest BCUT2D eigenvalue weighted by molar-refractivity contribution is 6.30. The molecule has 2 heterocycles. The number of esters is 1. The minimum Gasteiger partial charge on any atom is -0.465 e. The number of anilines is 1. The van der Waals surface area contributed by atoms with Crippen LogP contribution in [0, 0.1) is 5.92 Å². The number of benzene rings is 3. The first kappa shape index (κ1) is 22.2. The van der Waals surface area contributed by atoms with E-state index in [-0.39, 0.29) is 12.5 Å². The van der Waals surface area contributed by atoms with Gasteiger partial charge in [-0.2, -0.15) is 0 Å². The molecular weight excluding hydrogens is 450 g/mol. The summed E-state index contributed by atoms with van der Waals surface area (Å²) in [5.41, 5.74) is 3.45. The molecule has 1 amide bonds. The van der Waals surface area contributed by atoms with Crippen LogP contribution in [-0.2, 0) is 20.7 Å². The van der Waals surface area contributed by atoms with E-state index in [0.717, 1.165) is 22.2 Å². The van der Waals surface area contributed by atoms with Crippen LogP contribution in [0.25, 0.3) is 11.0 Å². The third-order valence-electron chi connectivity index (χ3n) is 6.14. The molecule has 0 saturated carbocycles. The molecule has 0 aliphatic carbocycles. The Bertz CT molecular complexity index is 1350. The van der Waals surface area contributed by atoms with Crippen molar-refractivity contribution in [2.75, 3.05) is 18.1 Å². The van der Waals surface area contributed by atoms with E-state index >= 15 is 0 Å². The number of aromatic nitrogens is 2. The van der Waals surface area contributed by atoms with Crippen LogP contribution in [0.4, 0.5) is 5.95 Å². The number of amides is 1. The Labute approximate surface area is 202 Å². The highest BCUT2D eigenvalue weighted by Gasteiger charge is 2.47. The van der Waals surface area contributed by atoms with Gasteiger partial charge < -0.3 is 9.30 Å². The Hall–Kier alpha value is -3.64. The summed E-state index contributed by atoms with van der Waals surface area (Å²) in [5.74, 6) is -1.40. The predicted octanol–water partition coefficient (Wildman–Crippen LogP) is 5.05. The number of imidazole rings is 1. The van der Waals surface area contributed by atoms with Crippen LogP contribution in [0.2, 0.25) is 5.02 Å². The molecule has 1 aliphatic rings. The number of hydrogen-bond acceptors (Lipinski definition) is 4. The second kappa shape index (κ2) is 9.31. The monoisotopic (exact) mass is 473 g/mol. The molecule has 5 rings (SSSR count). The van der Waals surface area contributed by atoms with Gasteiger partial charge in [-0.05, 0) is 48.7 Å². The first-order valence-corrected chi connectivity index (χ1v) is 11.7. The molecule has 2 atom stereocenters. The van der Waals surface area contributed by atoms with Crippen LogP contribution in [0.15, 0.2) is 78.9 Å². The molecule has 172 valence electrons. The number of nitrogens with zero attached hydrogens (tertiary/aromatic N) is 3. The molecule has 0 fully saturated rings. The number of rotatable bonds is 6. The maximum atomic E-state index is 13.9. The Morgan fingerprint density at radius 1 is 1.03 bits per heavy atom. The normalized spacial score (nSPS) is 17.6. The van der Waals surface area contributed by atoms with Crippen LogP contribution in [0.3, 0.4) is 0 Å². The summed E-state index contributed by atoms with van der Waals surface area (Å²) in [6, 6.07) is 24.3. The molecule has 0 bridgehead atoms. The van der Waals surface area contributed by atoms with Gasteiger partial charge in [-0.3, -0.25) is 14.5 Å². The standard InChI is InChI=1S/C27H24ClN3O3/c1-2-34-26(33)23-24(19-11-8-12-20(28)17-19)31-22-14-7-6-13-21(22)29-27(31)30(25(23)32)16-15-18-9-4-3-5-10-18/h3-14,17,23-24H,2,15-16H2,1H3/t23-,24-/m1/s1. The number of para-hydroxylation sites is 2. The highest BCUT2D eigenvalue weighted by Crippen LogP contribution is 2.41. The van der Waals surface area contributed by atoms with Gasteiger partial charge in [0.1, 0.15) is 0 Å². The molecule has 1 aliphatic heterocycles. The van der Waals surface area contributed by atoms with E-state index < -0.39 is 17.9 Å². The first-order chi connectivity index (χ1) is 16.6. The van der Waals surface area contributed by atoms with Crippen molar-refractivity contribution in [1.29, 1.82) is 0 Å². The van der Waals surface area contributed by atoms with E-state index in [9.17, 15) is 9.59 Å². The lowest BCUT2D eigenvalue weighted by Gasteiger charge is -2.38. The second-order valence-electron chi connectivity index (χ2n) is 8.23. The molecule has 7 heteroatoms. The fourth-order valence-corrected chi connectivity index (χ4v) is 4.84. The van der Waals surface area contributed by atoms with Gasteiger partial charge in [-0.15, -0.1) is 0 Å². The molecule has 0 saturated heterocycles. The Balaban J connectivity index is 1.69. The molecule has 0 unspecified atom stereocenters. The van der Waals surface area contributed by atoms with Crippen LogP contribution >= 0.6 is 11.6 Å². The van der Waals surface area contributed by atoms with Crippen LogP contribution in [0.5, 0.6) is 0 Å². The van der Waals surface area contributed by atoms with E-state index in [4.69, 9.17) is 21.3 Å². The number of fused-ring (bicyclic) bond motifs is 3. The molecular formula is C27H24ClN3O3. The zero-order valence-corrected chi connectivity index (χ0v) is 19.5. The number of carbonyl (C=O) groups is 2. The molecule has 3 aromatic carbocycles. The van der Waals surface area contributed by atoms with Crippen molar-refractivity contribution in [2.24, 2.45) is 5.92 Å². The lowest BCUT2D eigenvalue weighted by atomic mass is 9.89. The van der Waals surface area contributed by atoms with E-state index in [0.29, 0.717) is 23.9 Å². The Kier molecular flexibility index (Phi) is 6.07. The van der Waals surface area contributed by atoms with Gasteiger partial charge in [0.05, 0.1) is 23.7 Å². The van der Waals surface area contributed by atoms with Gasteiger partial charge in [0.2, 0.25) is 11.9 Å². The van der Waals surface area contributed by atoms with E-state index in [1.807, 2.05) is 71.3 Å². The maximum absolute atomic E-state index is 13.9. The smallest absolute Gasteiger partial charge is 0.321 e. The van der Waals surface area contributed by atoms with Gasteiger partial charge in [-0.25, -0.2) is 4.98 Å². The number of carbonyl (C=O) groups excluding carboxylic acids is 2. The predicted molar refractivity (Wildman–Crippen MR) is 132 cm³/mol. The summed E-state index contributed by atoms with van der Waals surface area (Å²) in [5, 5.41) is 0.532. The maximum Gasteiger partial charge on any atom is 0.321 e. The summed E-state index contributed by atoms with van der Waals surface area (Å²) < 4.78 is 7.38. The average molecular weight is 474 g/mol. The zero-order valence-electron chi connectivity index (χ0n) is 18.7. The first-order valence-electron chi connectivity index (χ1n) is 11.3. The van der Waals surface area contributed by atoms with Crippen molar-refractivity contribution >= 4 is 40.5 Å². The Morgan fingerprint density at radius 3 is 2.56 bits per heavy atom. The molecule has 1 aromatic heterocycles. The third kappa shape index (κ3) is 3.94. The van der Waals surface area contributed by atoms with E-state index in [1.54, 1.807) is 24.0 Å². The largest absolute Gasteiger partial charge is 0.465 e. The third-order valence-corrected chi connectivity index (χ3v) is 6.38. The fraction of sp³-hybridized carbons (Fsp3) is 0.222. The molecule has 0 N–H and O–H groups in total. The average Bonchev–Trinajstić information content (AvgIpc) is 3.22. The lowest BCUT2D eigenvalue weighted by Crippen LogP contribution is -2.50. The quantitative estimate of drug-likeness (QED) is 0.290. The van der Waals surface area contributed by atoms with E-state index in [2.05, 4.69) is 0 Å². The minimum atomic E-state index is -1.06. The minimum absolute atomic E-state index is 0.187. The van der Waals surface area contributed by atoms with Crippen LogP contribution < -0.4 is 4.90 Å². The van der Waals surface area contributed by atoms with Gasteiger partial charge in [0, 0.05) is 11.6 Å². The van der Waals surface area contributed by atoms with Crippen molar-refractivity contribution in [3.05, 3.63) is 95.0 Å². The number of hydrogen-bond donors (Lipinski definition) is 0. The van der Waals surface area contributed by atoms with Crippen molar-refractivity contribution in [1.82, 2.24) is 9.55 Å². The van der Waals surface area contributed by atoms with Crippen LogP contribution in [-0.4, -0.2) is 34.6 Å². The van der Waals surface area contributed by atoms with Crippen molar-refractivity contribution in [2.45, 2.75) is 19.4 Å². The Morgan fingerprint density at radius 2 is 1.79 bits per heavy atom. The SMILES string of the molecule is CCOC(=O)[C@H]1C(=O)N(CCc2ccccc2)c2nc3ccccc3n2[C@@H]1c1cccc(Cl)c1. The summed E-state index contributed by atoms with van der Waals surface area (Å²) in [7, 11) is 0. The second-order valence-corrected chi connectivity index (χ2v) is 8.66. The zero-order chi connectivity index (χ0) is 23.7. The van der Waals surface area contributed by atoms with E-state index in [1.165, 1.54) is 0 Å². The van der Waals surface area contributed by atoms with Gasteiger partial charge >= 0.3 is 5.97 Å². The number of halogens is 1. The molecule has 6 nitrogen and oxygen atoms in total. The summed E-state index contributed by atoms with van der Waals surface area (Å²) in [4.78, 5) is 33.6. The van der Waals surface area contributed by atoms with Crippen molar-refractivity contribution in [3.8, 4) is 0 Å². The molecule has 0 radical (unpaired) electrons. The summed E-state index contributed by atoms with van der Waals surface area (Å²) in [6.45, 7) is 2.32. The fourth-order valence-electron chi connectivity index (χ4n) is 4.64. The van der Waals surface area contributed by atoms with Crippen molar-refractivity contribution < 1.29 is 14.3 Å². The van der Waals surface area contributed by atoms with Gasteiger partial charge in [0.15, 0.2) is 5.92 Å². The molecule has 34 heavy (non-hydrogen) atoms. The van der Waals surface area contributed by atoms with Gasteiger partial charge in [-0.1, -0.05) is 66.2 Å². The topological polar surface area (TPSA) is 64.4 Å².